The Morgan fingerprint density at radius 3 is 2.63 bits per heavy atom. The van der Waals surface area contributed by atoms with E-state index in [1.54, 1.807) is 0 Å². The van der Waals surface area contributed by atoms with E-state index in [1.807, 2.05) is 0 Å². The van der Waals surface area contributed by atoms with Crippen molar-refractivity contribution in [2.45, 2.75) is 38.6 Å². The highest BCUT2D eigenvalue weighted by Gasteiger charge is 2.32. The number of carbonyl (C=O) groups excluding carboxylic acids is 1. The van der Waals surface area contributed by atoms with E-state index in [0.717, 1.165) is 30.0 Å². The second-order valence-corrected chi connectivity index (χ2v) is 7.75. The zero-order valence-corrected chi connectivity index (χ0v) is 12.4. The van der Waals surface area contributed by atoms with Gasteiger partial charge in [0.15, 0.2) is 0 Å². The molecule has 2 rings (SSSR count). The fourth-order valence-electron chi connectivity index (χ4n) is 2.34. The topological polar surface area (TPSA) is 69.7 Å². The number of hydrogen-bond acceptors (Lipinski definition) is 3. The molecule has 7 heteroatoms. The number of likely N-dealkylation sites (N-methyl/N-ethyl adjacent to an activating group) is 1. The zero-order valence-electron chi connectivity index (χ0n) is 11.6. The monoisotopic (exact) mass is 289 g/mol. The molecule has 0 spiro atoms. The molecule has 1 heterocycles. The smallest absolute Gasteiger partial charge is 0.282 e. The molecule has 2 aliphatic rings. The quantitative estimate of drug-likeness (QED) is 0.784. The number of piperidine rings is 1. The summed E-state index contributed by atoms with van der Waals surface area (Å²) in [4.78, 5) is 11.7. The number of carbonyl (C=O) groups is 1. The highest BCUT2D eigenvalue weighted by atomic mass is 32.2. The van der Waals surface area contributed by atoms with Crippen LogP contribution >= 0.6 is 0 Å². The minimum Gasteiger partial charge on any atom is -0.352 e. The molecule has 1 saturated heterocycles. The Hall–Kier alpha value is -0.660. The second-order valence-electron chi connectivity index (χ2n) is 5.71. The van der Waals surface area contributed by atoms with Gasteiger partial charge in [-0.3, -0.25) is 4.79 Å². The summed E-state index contributed by atoms with van der Waals surface area (Å²) in [7, 11) is -2.03. The lowest BCUT2D eigenvalue weighted by Crippen LogP contribution is -2.49. The SMILES string of the molecule is C[C@@H]1CCCN(S(=O)(=O)N(C)CC(=O)NC2CC2)C1. The summed E-state index contributed by atoms with van der Waals surface area (Å²) < 4.78 is 27.3. The Labute approximate surface area is 115 Å². The fourth-order valence-corrected chi connectivity index (χ4v) is 3.82. The summed E-state index contributed by atoms with van der Waals surface area (Å²) in [6.45, 7) is 3.07. The minimum absolute atomic E-state index is 0.0935. The lowest BCUT2D eigenvalue weighted by atomic mass is 10.0. The van der Waals surface area contributed by atoms with Crippen molar-refractivity contribution in [2.75, 3.05) is 26.7 Å². The first-order valence-electron chi connectivity index (χ1n) is 6.90. The van der Waals surface area contributed by atoms with Crippen molar-refractivity contribution in [2.24, 2.45) is 5.92 Å². The lowest BCUT2D eigenvalue weighted by Gasteiger charge is -2.32. The average Bonchev–Trinajstić information content (AvgIpc) is 3.12. The maximum Gasteiger partial charge on any atom is 0.282 e. The maximum atomic E-state index is 12.3. The first kappa shape index (κ1) is 14.7. The lowest BCUT2D eigenvalue weighted by molar-refractivity contribution is -0.121. The van der Waals surface area contributed by atoms with Crippen LogP contribution in [0.1, 0.15) is 32.6 Å². The van der Waals surface area contributed by atoms with Gasteiger partial charge in [0.2, 0.25) is 5.91 Å². The molecule has 1 aliphatic heterocycles. The van der Waals surface area contributed by atoms with Gasteiger partial charge in [-0.2, -0.15) is 17.0 Å². The largest absolute Gasteiger partial charge is 0.352 e. The Morgan fingerprint density at radius 1 is 1.37 bits per heavy atom. The summed E-state index contributed by atoms with van der Waals surface area (Å²) in [5.74, 6) is 0.177. The van der Waals surface area contributed by atoms with E-state index in [9.17, 15) is 13.2 Å². The van der Waals surface area contributed by atoms with Crippen LogP contribution in [-0.4, -0.2) is 55.7 Å². The van der Waals surface area contributed by atoms with Crippen molar-refractivity contribution in [3.63, 3.8) is 0 Å². The second kappa shape index (κ2) is 5.76. The standard InChI is InChI=1S/C12H23N3O3S/c1-10-4-3-7-15(8-10)19(17,18)14(2)9-12(16)13-11-5-6-11/h10-11H,3-9H2,1-2H3,(H,13,16)/t10-/m1/s1. The van der Waals surface area contributed by atoms with E-state index >= 15 is 0 Å². The maximum absolute atomic E-state index is 12.3. The van der Waals surface area contributed by atoms with Crippen LogP contribution in [0.2, 0.25) is 0 Å². The van der Waals surface area contributed by atoms with E-state index < -0.39 is 10.2 Å². The molecular weight excluding hydrogens is 266 g/mol. The molecule has 0 aromatic rings. The normalized spacial score (nSPS) is 25.5. The molecule has 0 bridgehead atoms. The molecule has 0 radical (unpaired) electrons. The predicted molar refractivity (Wildman–Crippen MR) is 72.7 cm³/mol. The number of hydrogen-bond donors (Lipinski definition) is 1. The van der Waals surface area contributed by atoms with Gasteiger partial charge in [-0.1, -0.05) is 6.92 Å². The molecule has 1 N–H and O–H groups in total. The third kappa shape index (κ3) is 3.90. The number of nitrogens with zero attached hydrogens (tertiary/aromatic N) is 2. The molecule has 0 aromatic heterocycles. The highest BCUT2D eigenvalue weighted by Crippen LogP contribution is 2.20. The van der Waals surface area contributed by atoms with Gasteiger partial charge in [0.05, 0.1) is 6.54 Å². The van der Waals surface area contributed by atoms with Crippen LogP contribution < -0.4 is 5.32 Å². The summed E-state index contributed by atoms with van der Waals surface area (Å²) >= 11 is 0. The van der Waals surface area contributed by atoms with Crippen LogP contribution in [0.3, 0.4) is 0 Å². The summed E-state index contributed by atoms with van der Waals surface area (Å²) in [6.07, 6.45) is 3.97. The van der Waals surface area contributed by atoms with Crippen LogP contribution in [0.4, 0.5) is 0 Å². The molecule has 110 valence electrons. The Morgan fingerprint density at radius 2 is 2.05 bits per heavy atom. The molecule has 1 saturated carbocycles. The van der Waals surface area contributed by atoms with Crippen LogP contribution in [0.15, 0.2) is 0 Å². The third-order valence-corrected chi connectivity index (χ3v) is 5.55. The average molecular weight is 289 g/mol. The van der Waals surface area contributed by atoms with Crippen molar-refractivity contribution in [1.82, 2.24) is 13.9 Å². The van der Waals surface area contributed by atoms with Crippen molar-refractivity contribution in [3.05, 3.63) is 0 Å². The summed E-state index contributed by atoms with van der Waals surface area (Å²) in [5.41, 5.74) is 0. The van der Waals surface area contributed by atoms with Gasteiger partial charge >= 0.3 is 0 Å². The number of amides is 1. The van der Waals surface area contributed by atoms with Crippen LogP contribution in [0.5, 0.6) is 0 Å². The zero-order chi connectivity index (χ0) is 14.0. The van der Waals surface area contributed by atoms with Crippen LogP contribution in [0, 0.1) is 5.92 Å². The molecule has 6 nitrogen and oxygen atoms in total. The van der Waals surface area contributed by atoms with E-state index in [-0.39, 0.29) is 18.5 Å². The van der Waals surface area contributed by atoms with Gasteiger partial charge in [0.1, 0.15) is 0 Å². The summed E-state index contributed by atoms with van der Waals surface area (Å²) in [6, 6.07) is 0.263. The van der Waals surface area contributed by atoms with Crippen LogP contribution in [-0.2, 0) is 15.0 Å². The third-order valence-electron chi connectivity index (χ3n) is 3.65. The van der Waals surface area contributed by atoms with E-state index in [0.29, 0.717) is 19.0 Å². The molecule has 0 aromatic carbocycles. The van der Waals surface area contributed by atoms with E-state index in [2.05, 4.69) is 12.2 Å². The van der Waals surface area contributed by atoms with Gasteiger partial charge < -0.3 is 5.32 Å². The Bertz CT molecular complexity index is 434. The summed E-state index contributed by atoms with van der Waals surface area (Å²) in [5, 5.41) is 2.80. The highest BCUT2D eigenvalue weighted by molar-refractivity contribution is 7.86. The fraction of sp³-hybridized carbons (Fsp3) is 0.917. The van der Waals surface area contributed by atoms with Crippen molar-refractivity contribution in [1.29, 1.82) is 0 Å². The predicted octanol–water partition coefficient (Wildman–Crippen LogP) is 0.174. The van der Waals surface area contributed by atoms with Crippen molar-refractivity contribution < 1.29 is 13.2 Å². The molecule has 1 atom stereocenters. The van der Waals surface area contributed by atoms with Gasteiger partial charge in [-0.15, -0.1) is 0 Å². The van der Waals surface area contributed by atoms with E-state index in [4.69, 9.17) is 0 Å². The van der Waals surface area contributed by atoms with Crippen LogP contribution in [0.25, 0.3) is 0 Å². The molecule has 0 unspecified atom stereocenters. The Balaban J connectivity index is 1.91. The number of nitrogens with one attached hydrogen (secondary N) is 1. The first-order chi connectivity index (χ1) is 8.89. The van der Waals surface area contributed by atoms with Crippen molar-refractivity contribution in [3.8, 4) is 0 Å². The number of rotatable bonds is 5. The molecule has 2 fully saturated rings. The van der Waals surface area contributed by atoms with Crippen molar-refractivity contribution >= 4 is 16.1 Å². The molecule has 1 aliphatic carbocycles. The first-order valence-corrected chi connectivity index (χ1v) is 8.30. The molecular formula is C12H23N3O3S. The van der Waals surface area contributed by atoms with E-state index in [1.165, 1.54) is 11.4 Å². The molecule has 1 amide bonds. The van der Waals surface area contributed by atoms with Gasteiger partial charge in [-0.25, -0.2) is 0 Å². The molecule has 19 heavy (non-hydrogen) atoms. The van der Waals surface area contributed by atoms with Gasteiger partial charge in [0.25, 0.3) is 10.2 Å². The van der Waals surface area contributed by atoms with Gasteiger partial charge in [-0.05, 0) is 31.6 Å². The Kier molecular flexibility index (Phi) is 4.47. The minimum atomic E-state index is -3.50. The van der Waals surface area contributed by atoms with Gasteiger partial charge in [0, 0.05) is 26.2 Å².